The lowest BCUT2D eigenvalue weighted by Crippen LogP contribution is -2.36. The van der Waals surface area contributed by atoms with Crippen molar-refractivity contribution in [2.45, 2.75) is 26.2 Å². The summed E-state index contributed by atoms with van der Waals surface area (Å²) in [5.41, 5.74) is -0.141. The predicted octanol–water partition coefficient (Wildman–Crippen LogP) is 3.48. The van der Waals surface area contributed by atoms with Gasteiger partial charge in [0.05, 0.1) is 10.5 Å². The number of benzene rings is 2. The third kappa shape index (κ3) is 3.69. The van der Waals surface area contributed by atoms with Crippen molar-refractivity contribution in [1.29, 1.82) is 0 Å². The van der Waals surface area contributed by atoms with Gasteiger partial charge in [0.2, 0.25) is 6.79 Å². The molecule has 0 atom stereocenters. The summed E-state index contributed by atoms with van der Waals surface area (Å²) in [6, 6.07) is 7.63. The normalized spacial score (nSPS) is 12.7. The van der Waals surface area contributed by atoms with Gasteiger partial charge >= 0.3 is 0 Å². The molecular formula is C19H19FN2O5. The highest BCUT2D eigenvalue weighted by Gasteiger charge is 2.26. The summed E-state index contributed by atoms with van der Waals surface area (Å²) in [5.74, 6) is -0.0562. The van der Waals surface area contributed by atoms with Crippen molar-refractivity contribution in [2.24, 2.45) is 0 Å². The molecule has 0 saturated carbocycles. The smallest absolute Gasteiger partial charge is 0.276 e. The van der Waals surface area contributed by atoms with Crippen LogP contribution in [0.2, 0.25) is 0 Å². The lowest BCUT2D eigenvalue weighted by atomic mass is 9.84. The van der Waals surface area contributed by atoms with Crippen molar-refractivity contribution in [3.63, 3.8) is 0 Å². The van der Waals surface area contributed by atoms with Gasteiger partial charge in [-0.1, -0.05) is 19.9 Å². The molecule has 1 N–H and O–H groups in total. The zero-order chi connectivity index (χ0) is 19.8. The Bertz CT molecular complexity index is 927. The van der Waals surface area contributed by atoms with Crippen molar-refractivity contribution in [2.75, 3.05) is 13.3 Å². The first-order valence-corrected chi connectivity index (χ1v) is 8.32. The lowest BCUT2D eigenvalue weighted by Gasteiger charge is -2.26. The van der Waals surface area contributed by atoms with Crippen LogP contribution in [0.5, 0.6) is 11.5 Å². The van der Waals surface area contributed by atoms with Crippen LogP contribution >= 0.6 is 0 Å². The highest BCUT2D eigenvalue weighted by molar-refractivity contribution is 5.95. The topological polar surface area (TPSA) is 90.7 Å². The van der Waals surface area contributed by atoms with Gasteiger partial charge in [0.25, 0.3) is 11.6 Å². The molecule has 0 unspecified atom stereocenters. The monoisotopic (exact) mass is 374 g/mol. The fourth-order valence-electron chi connectivity index (χ4n) is 2.81. The average Bonchev–Trinajstić information content (AvgIpc) is 3.09. The number of carbonyl (C=O) groups excluding carboxylic acids is 1. The highest BCUT2D eigenvalue weighted by Crippen LogP contribution is 2.36. The van der Waals surface area contributed by atoms with Crippen molar-refractivity contribution < 1.29 is 23.6 Å². The summed E-state index contributed by atoms with van der Waals surface area (Å²) in [4.78, 5) is 22.7. The first-order valence-electron chi connectivity index (χ1n) is 8.32. The number of amides is 1. The Morgan fingerprint density at radius 1 is 1.26 bits per heavy atom. The molecule has 0 saturated heterocycles. The zero-order valence-corrected chi connectivity index (χ0v) is 15.2. The van der Waals surface area contributed by atoms with Gasteiger partial charge in [0, 0.05) is 23.6 Å². The number of nitro groups is 1. The maximum Gasteiger partial charge on any atom is 0.276 e. The number of ether oxygens (including phenoxy) is 2. The number of halogens is 1. The predicted molar refractivity (Wildman–Crippen MR) is 95.7 cm³/mol. The summed E-state index contributed by atoms with van der Waals surface area (Å²) >= 11 is 0. The number of carbonyl (C=O) groups is 1. The Kier molecular flexibility index (Phi) is 4.73. The molecule has 1 heterocycles. The van der Waals surface area contributed by atoms with Crippen LogP contribution in [0, 0.1) is 22.9 Å². The lowest BCUT2D eigenvalue weighted by molar-refractivity contribution is -0.385. The van der Waals surface area contributed by atoms with Crippen molar-refractivity contribution >= 4 is 11.6 Å². The Morgan fingerprint density at radius 2 is 1.96 bits per heavy atom. The summed E-state index contributed by atoms with van der Waals surface area (Å²) < 4.78 is 24.6. The first-order chi connectivity index (χ1) is 12.7. The number of hydrogen-bond acceptors (Lipinski definition) is 5. The molecule has 7 nitrogen and oxygen atoms in total. The summed E-state index contributed by atoms with van der Waals surface area (Å²) in [6.45, 7) is 5.59. The fraction of sp³-hybridized carbons (Fsp3) is 0.316. The van der Waals surface area contributed by atoms with E-state index < -0.39 is 27.8 Å². The molecule has 2 aromatic carbocycles. The Hall–Kier alpha value is -3.16. The number of nitrogens with zero attached hydrogens (tertiary/aromatic N) is 1. The second-order valence-corrected chi connectivity index (χ2v) is 6.99. The van der Waals surface area contributed by atoms with E-state index in [9.17, 15) is 19.3 Å². The van der Waals surface area contributed by atoms with E-state index in [1.54, 1.807) is 6.07 Å². The molecule has 1 amide bonds. The van der Waals surface area contributed by atoms with E-state index in [2.05, 4.69) is 5.32 Å². The molecule has 2 aromatic rings. The van der Waals surface area contributed by atoms with Gasteiger partial charge in [-0.05, 0) is 30.7 Å². The Labute approximate surface area is 155 Å². The Morgan fingerprint density at radius 3 is 2.67 bits per heavy atom. The van der Waals surface area contributed by atoms with Gasteiger partial charge in [-0.2, -0.15) is 0 Å². The number of nitro benzene ring substituents is 1. The van der Waals surface area contributed by atoms with Crippen LogP contribution in [0.3, 0.4) is 0 Å². The van der Waals surface area contributed by atoms with Crippen LogP contribution in [0.4, 0.5) is 10.1 Å². The molecule has 0 spiro atoms. The summed E-state index contributed by atoms with van der Waals surface area (Å²) in [6.07, 6.45) is 0. The van der Waals surface area contributed by atoms with Crippen LogP contribution in [-0.2, 0) is 5.41 Å². The van der Waals surface area contributed by atoms with Gasteiger partial charge in [0.1, 0.15) is 5.82 Å². The van der Waals surface area contributed by atoms with E-state index in [0.29, 0.717) is 11.5 Å². The fourth-order valence-corrected chi connectivity index (χ4v) is 2.81. The second-order valence-electron chi connectivity index (χ2n) is 6.99. The molecule has 1 aliphatic rings. The van der Waals surface area contributed by atoms with E-state index in [4.69, 9.17) is 9.47 Å². The van der Waals surface area contributed by atoms with E-state index >= 15 is 0 Å². The third-order valence-electron chi connectivity index (χ3n) is 4.62. The second kappa shape index (κ2) is 6.86. The minimum atomic E-state index is -0.788. The number of rotatable bonds is 5. The largest absolute Gasteiger partial charge is 0.454 e. The summed E-state index contributed by atoms with van der Waals surface area (Å²) in [5, 5.41) is 13.7. The maximum absolute atomic E-state index is 13.9. The molecule has 142 valence electrons. The van der Waals surface area contributed by atoms with E-state index in [0.717, 1.165) is 17.7 Å². The molecule has 8 heteroatoms. The summed E-state index contributed by atoms with van der Waals surface area (Å²) in [7, 11) is 0. The molecule has 0 aliphatic carbocycles. The molecule has 3 rings (SSSR count). The Balaban J connectivity index is 1.76. The van der Waals surface area contributed by atoms with E-state index in [1.807, 2.05) is 26.0 Å². The van der Waals surface area contributed by atoms with Crippen LogP contribution in [0.15, 0.2) is 30.3 Å². The maximum atomic E-state index is 13.9. The third-order valence-corrected chi connectivity index (χ3v) is 4.62. The first kappa shape index (κ1) is 18.6. The SMILES string of the molecule is Cc1c(F)cc(C(=O)NCC(C)(C)c2ccc3c(c2)OCO3)cc1[N+](=O)[O-]. The van der Waals surface area contributed by atoms with Crippen molar-refractivity contribution in [1.82, 2.24) is 5.32 Å². The minimum Gasteiger partial charge on any atom is -0.454 e. The molecule has 0 fully saturated rings. The molecule has 1 aliphatic heterocycles. The van der Waals surface area contributed by atoms with Crippen molar-refractivity contribution in [3.05, 3.63) is 63.0 Å². The highest BCUT2D eigenvalue weighted by atomic mass is 19.1. The van der Waals surface area contributed by atoms with Crippen LogP contribution in [-0.4, -0.2) is 24.2 Å². The standard InChI is InChI=1S/C19H19FN2O5/c1-11-14(20)6-12(7-15(11)22(24)25)18(23)21-9-19(2,3)13-4-5-16-17(8-13)27-10-26-16/h4-8H,9-10H2,1-3H3,(H,21,23). The van der Waals surface area contributed by atoms with Gasteiger partial charge in [-0.25, -0.2) is 4.39 Å². The van der Waals surface area contributed by atoms with Crippen LogP contribution < -0.4 is 14.8 Å². The van der Waals surface area contributed by atoms with Gasteiger partial charge in [-0.15, -0.1) is 0 Å². The van der Waals surface area contributed by atoms with E-state index in [1.165, 1.54) is 6.92 Å². The zero-order valence-electron chi connectivity index (χ0n) is 15.2. The van der Waals surface area contributed by atoms with E-state index in [-0.39, 0.29) is 24.5 Å². The number of nitrogens with one attached hydrogen (secondary N) is 1. The molecule has 0 aromatic heterocycles. The molecule has 27 heavy (non-hydrogen) atoms. The molecular weight excluding hydrogens is 355 g/mol. The molecule has 0 bridgehead atoms. The van der Waals surface area contributed by atoms with Crippen molar-refractivity contribution in [3.8, 4) is 11.5 Å². The van der Waals surface area contributed by atoms with Crippen LogP contribution in [0.25, 0.3) is 0 Å². The average molecular weight is 374 g/mol. The minimum absolute atomic E-state index is 0.0914. The van der Waals surface area contributed by atoms with Crippen LogP contribution in [0.1, 0.15) is 35.3 Å². The van der Waals surface area contributed by atoms with Gasteiger partial charge < -0.3 is 14.8 Å². The molecule has 0 radical (unpaired) electrons. The quantitative estimate of drug-likeness (QED) is 0.639. The van der Waals surface area contributed by atoms with Gasteiger partial charge in [0.15, 0.2) is 11.5 Å². The van der Waals surface area contributed by atoms with Gasteiger partial charge in [-0.3, -0.25) is 14.9 Å². The number of hydrogen-bond donors (Lipinski definition) is 1. The number of fused-ring (bicyclic) bond motifs is 1.